The van der Waals surface area contributed by atoms with Crippen molar-refractivity contribution in [3.63, 3.8) is 0 Å². The summed E-state index contributed by atoms with van der Waals surface area (Å²) in [4.78, 5) is 25.7. The third kappa shape index (κ3) is 5.59. The standard InChI is InChI=1S/C20H22ClF2N5O4S2/c1-3-28(4-2)34(31,32)17-5-6-33-16(17)10-24-20(30)15-9-18(27-26-15)25-19(29)11-7-13(22)14(23)8-12(11)21/h7-9H,3-6,10H2,1-2H3,(H,24,30)(H2,25,26,27,29). The maximum absolute atomic E-state index is 13.4. The van der Waals surface area contributed by atoms with E-state index in [1.165, 1.54) is 22.1 Å². The fraction of sp³-hybridized carbons (Fsp3) is 0.350. The van der Waals surface area contributed by atoms with Crippen LogP contribution in [0.25, 0.3) is 0 Å². The van der Waals surface area contributed by atoms with Gasteiger partial charge in [0.15, 0.2) is 17.3 Å². The quantitative estimate of drug-likeness (QED) is 0.425. The van der Waals surface area contributed by atoms with Gasteiger partial charge in [0.05, 0.1) is 22.0 Å². The molecule has 0 saturated heterocycles. The van der Waals surface area contributed by atoms with E-state index in [2.05, 4.69) is 20.8 Å². The summed E-state index contributed by atoms with van der Waals surface area (Å²) in [5.41, 5.74) is -0.364. The number of hydrogen-bond acceptors (Lipinski definition) is 6. The van der Waals surface area contributed by atoms with Crippen LogP contribution in [0.2, 0.25) is 5.02 Å². The lowest BCUT2D eigenvalue weighted by molar-refractivity contribution is 0.0951. The second-order valence-electron chi connectivity index (χ2n) is 7.08. The average Bonchev–Trinajstić information content (AvgIpc) is 3.45. The highest BCUT2D eigenvalue weighted by atomic mass is 35.5. The molecule has 1 aromatic heterocycles. The van der Waals surface area contributed by atoms with E-state index in [4.69, 9.17) is 11.6 Å². The third-order valence-corrected chi connectivity index (χ3v) is 8.85. The lowest BCUT2D eigenvalue weighted by atomic mass is 10.2. The molecule has 1 aliphatic heterocycles. The van der Waals surface area contributed by atoms with E-state index >= 15 is 0 Å². The van der Waals surface area contributed by atoms with Gasteiger partial charge in [-0.2, -0.15) is 9.40 Å². The van der Waals surface area contributed by atoms with Crippen molar-refractivity contribution in [2.45, 2.75) is 20.3 Å². The number of amides is 2. The first kappa shape index (κ1) is 26.1. The largest absolute Gasteiger partial charge is 0.346 e. The monoisotopic (exact) mass is 533 g/mol. The molecular weight excluding hydrogens is 512 g/mol. The van der Waals surface area contributed by atoms with E-state index in [-0.39, 0.29) is 28.6 Å². The van der Waals surface area contributed by atoms with Crippen molar-refractivity contribution in [3.05, 3.63) is 55.9 Å². The smallest absolute Gasteiger partial charge is 0.272 e. The van der Waals surface area contributed by atoms with Crippen molar-refractivity contribution in [1.29, 1.82) is 0 Å². The Hall–Kier alpha value is -2.48. The second-order valence-corrected chi connectivity index (χ2v) is 10.6. The van der Waals surface area contributed by atoms with Crippen LogP contribution in [0, 0.1) is 11.6 Å². The molecule has 0 aliphatic carbocycles. The Morgan fingerprint density at radius 1 is 1.18 bits per heavy atom. The molecule has 0 spiro atoms. The summed E-state index contributed by atoms with van der Waals surface area (Å²) in [6.07, 6.45) is 0.389. The maximum atomic E-state index is 13.4. The Labute approximate surface area is 204 Å². The van der Waals surface area contributed by atoms with Crippen LogP contribution in [0.5, 0.6) is 0 Å². The molecule has 14 heteroatoms. The van der Waals surface area contributed by atoms with Crippen LogP contribution in [0.3, 0.4) is 0 Å². The van der Waals surface area contributed by atoms with Gasteiger partial charge < -0.3 is 10.6 Å². The number of nitrogens with zero attached hydrogens (tertiary/aromatic N) is 2. The van der Waals surface area contributed by atoms with E-state index in [9.17, 15) is 26.8 Å². The molecule has 0 unspecified atom stereocenters. The molecule has 2 heterocycles. The first-order valence-corrected chi connectivity index (χ1v) is 13.0. The fourth-order valence-corrected chi connectivity index (χ4v) is 6.83. The summed E-state index contributed by atoms with van der Waals surface area (Å²) in [5, 5.41) is 11.0. The number of rotatable bonds is 9. The van der Waals surface area contributed by atoms with Gasteiger partial charge in [0.2, 0.25) is 10.0 Å². The predicted molar refractivity (Wildman–Crippen MR) is 126 cm³/mol. The molecular formula is C20H22ClF2N5O4S2. The minimum atomic E-state index is -3.60. The molecule has 3 rings (SSSR count). The molecule has 0 atom stereocenters. The molecule has 0 fully saturated rings. The Morgan fingerprint density at radius 3 is 2.53 bits per heavy atom. The number of carbonyl (C=O) groups excluding carboxylic acids is 2. The summed E-state index contributed by atoms with van der Waals surface area (Å²) in [6.45, 7) is 4.24. The Bertz CT molecular complexity index is 1250. The van der Waals surface area contributed by atoms with Crippen LogP contribution < -0.4 is 10.6 Å². The number of hydrogen-bond donors (Lipinski definition) is 3. The number of thioether (sulfide) groups is 1. The lowest BCUT2D eigenvalue weighted by Crippen LogP contribution is -2.32. The molecule has 0 saturated carbocycles. The Morgan fingerprint density at radius 2 is 1.85 bits per heavy atom. The number of carbonyl (C=O) groups is 2. The highest BCUT2D eigenvalue weighted by Gasteiger charge is 2.31. The summed E-state index contributed by atoms with van der Waals surface area (Å²) in [7, 11) is -3.60. The summed E-state index contributed by atoms with van der Waals surface area (Å²) >= 11 is 7.17. The second kappa shape index (κ2) is 10.8. The van der Waals surface area contributed by atoms with Crippen LogP contribution in [-0.4, -0.2) is 60.1 Å². The molecule has 1 aromatic carbocycles. The van der Waals surface area contributed by atoms with Crippen LogP contribution in [0.4, 0.5) is 14.6 Å². The van der Waals surface area contributed by atoms with E-state index in [0.29, 0.717) is 47.2 Å². The van der Waals surface area contributed by atoms with Crippen LogP contribution in [-0.2, 0) is 10.0 Å². The number of aromatic amines is 1. The van der Waals surface area contributed by atoms with Gasteiger partial charge in [-0.25, -0.2) is 17.2 Å². The zero-order chi connectivity index (χ0) is 25.0. The minimum absolute atomic E-state index is 0.0123. The number of nitrogens with one attached hydrogen (secondary N) is 3. The van der Waals surface area contributed by atoms with Crippen LogP contribution >= 0.6 is 23.4 Å². The minimum Gasteiger partial charge on any atom is -0.346 e. The first-order chi connectivity index (χ1) is 16.1. The topological polar surface area (TPSA) is 124 Å². The summed E-state index contributed by atoms with van der Waals surface area (Å²) < 4.78 is 53.7. The number of anilines is 1. The van der Waals surface area contributed by atoms with Gasteiger partial charge in [-0.3, -0.25) is 14.7 Å². The van der Waals surface area contributed by atoms with E-state index < -0.39 is 33.5 Å². The van der Waals surface area contributed by atoms with Gasteiger partial charge in [-0.1, -0.05) is 25.4 Å². The number of allylic oxidation sites excluding steroid dienone is 1. The normalized spacial score (nSPS) is 14.1. The van der Waals surface area contributed by atoms with Crippen LogP contribution in [0.1, 0.15) is 41.1 Å². The molecule has 0 bridgehead atoms. The molecule has 3 N–H and O–H groups in total. The fourth-order valence-electron chi connectivity index (χ4n) is 3.27. The van der Waals surface area contributed by atoms with Crippen molar-refractivity contribution in [2.24, 2.45) is 0 Å². The summed E-state index contributed by atoms with van der Waals surface area (Å²) in [5.74, 6) is -3.23. The van der Waals surface area contributed by atoms with E-state index in [0.717, 1.165) is 0 Å². The highest BCUT2D eigenvalue weighted by Crippen LogP contribution is 2.35. The van der Waals surface area contributed by atoms with Gasteiger partial charge in [0.25, 0.3) is 11.8 Å². The van der Waals surface area contributed by atoms with Crippen molar-refractivity contribution < 1.29 is 26.8 Å². The lowest BCUT2D eigenvalue weighted by Gasteiger charge is -2.20. The molecule has 0 radical (unpaired) electrons. The first-order valence-electron chi connectivity index (χ1n) is 10.2. The molecule has 184 valence electrons. The van der Waals surface area contributed by atoms with Crippen molar-refractivity contribution in [2.75, 3.05) is 30.7 Å². The Balaban J connectivity index is 1.67. The number of H-pyrrole nitrogens is 1. The predicted octanol–water partition coefficient (Wildman–Crippen LogP) is 3.34. The van der Waals surface area contributed by atoms with Gasteiger partial charge in [-0.05, 0) is 18.6 Å². The highest BCUT2D eigenvalue weighted by molar-refractivity contribution is 8.05. The van der Waals surface area contributed by atoms with E-state index in [1.54, 1.807) is 13.8 Å². The van der Waals surface area contributed by atoms with Crippen molar-refractivity contribution >= 4 is 51.0 Å². The van der Waals surface area contributed by atoms with Gasteiger partial charge in [0, 0.05) is 29.8 Å². The number of aromatic nitrogens is 2. The summed E-state index contributed by atoms with van der Waals surface area (Å²) in [6, 6.07) is 2.58. The van der Waals surface area contributed by atoms with Gasteiger partial charge >= 0.3 is 0 Å². The number of halogens is 3. The molecule has 9 nitrogen and oxygen atoms in total. The zero-order valence-corrected chi connectivity index (χ0v) is 20.6. The molecule has 1 aliphatic rings. The van der Waals surface area contributed by atoms with Gasteiger partial charge in [0.1, 0.15) is 5.82 Å². The Kier molecular flexibility index (Phi) is 8.34. The van der Waals surface area contributed by atoms with E-state index in [1.807, 2.05) is 0 Å². The molecule has 2 aromatic rings. The zero-order valence-electron chi connectivity index (χ0n) is 18.2. The third-order valence-electron chi connectivity index (χ3n) is 5.00. The maximum Gasteiger partial charge on any atom is 0.272 e. The average molecular weight is 534 g/mol. The molecule has 2 amide bonds. The van der Waals surface area contributed by atoms with Gasteiger partial charge in [-0.15, -0.1) is 11.8 Å². The van der Waals surface area contributed by atoms with Crippen molar-refractivity contribution in [3.8, 4) is 0 Å². The molecule has 34 heavy (non-hydrogen) atoms. The SMILES string of the molecule is CCN(CC)S(=O)(=O)C1=C(CNC(=O)c2cc(NC(=O)c3cc(F)c(F)cc3Cl)[nH]n2)SCC1. The number of benzene rings is 1. The number of sulfonamides is 1. The van der Waals surface area contributed by atoms with Crippen molar-refractivity contribution in [1.82, 2.24) is 19.8 Å². The van der Waals surface area contributed by atoms with Crippen LogP contribution in [0.15, 0.2) is 28.0 Å².